The van der Waals surface area contributed by atoms with E-state index in [9.17, 15) is 14.4 Å². The van der Waals surface area contributed by atoms with Crippen LogP contribution in [0.3, 0.4) is 0 Å². The quantitative estimate of drug-likeness (QED) is 0.661. The van der Waals surface area contributed by atoms with E-state index >= 15 is 0 Å². The smallest absolute Gasteiger partial charge is 0.343 e. The fraction of sp³-hybridized carbons (Fsp3) is 0.286. The number of imide groups is 1. The van der Waals surface area contributed by atoms with Crippen molar-refractivity contribution in [2.24, 2.45) is 0 Å². The lowest BCUT2D eigenvalue weighted by Gasteiger charge is -2.07. The van der Waals surface area contributed by atoms with Gasteiger partial charge in [0.05, 0.1) is 5.69 Å². The molecule has 128 valence electrons. The van der Waals surface area contributed by atoms with Crippen LogP contribution >= 0.6 is 22.9 Å². The van der Waals surface area contributed by atoms with Crippen LogP contribution in [-0.2, 0) is 16.0 Å². The van der Waals surface area contributed by atoms with Crippen molar-refractivity contribution in [1.29, 1.82) is 0 Å². The molecule has 0 aromatic carbocycles. The molecule has 0 saturated carbocycles. The van der Waals surface area contributed by atoms with Gasteiger partial charge in [-0.1, -0.05) is 6.07 Å². The van der Waals surface area contributed by atoms with Gasteiger partial charge in [0, 0.05) is 11.4 Å². The predicted molar refractivity (Wildman–Crippen MR) is 91.1 cm³/mol. The summed E-state index contributed by atoms with van der Waals surface area (Å²) in [5.41, 5.74) is 6.20. The summed E-state index contributed by atoms with van der Waals surface area (Å²) < 4.78 is 8.75. The van der Waals surface area contributed by atoms with E-state index in [0.717, 1.165) is 16.4 Å². The Morgan fingerprint density at radius 1 is 1.38 bits per heavy atom. The zero-order chi connectivity index (χ0) is 17.5. The molecule has 4 N–H and O–H groups in total. The predicted octanol–water partition coefficient (Wildman–Crippen LogP) is 1.32. The molecule has 0 fully saturated rings. The van der Waals surface area contributed by atoms with Crippen LogP contribution in [0.15, 0.2) is 17.5 Å². The number of esters is 1. The Kier molecular flexibility index (Phi) is 6.27. The molecule has 0 atom stereocenters. The molecule has 0 saturated heterocycles. The molecular weight excluding hydrogens is 352 g/mol. The molecule has 2 aromatic rings. The summed E-state index contributed by atoms with van der Waals surface area (Å²) in [6.07, 6.45) is 0.679. The second kappa shape index (κ2) is 8.41. The van der Waals surface area contributed by atoms with Crippen LogP contribution < -0.4 is 16.4 Å². The van der Waals surface area contributed by atoms with Gasteiger partial charge in [0.15, 0.2) is 6.61 Å². The lowest BCUT2D eigenvalue weighted by Crippen LogP contribution is -2.42. The number of nitrogens with two attached hydrogens (primary N) is 1. The van der Waals surface area contributed by atoms with Crippen molar-refractivity contribution in [3.63, 3.8) is 0 Å². The van der Waals surface area contributed by atoms with Crippen molar-refractivity contribution in [2.75, 3.05) is 18.9 Å². The van der Waals surface area contributed by atoms with Crippen molar-refractivity contribution >= 4 is 45.8 Å². The van der Waals surface area contributed by atoms with Crippen molar-refractivity contribution in [3.8, 4) is 0 Å². The van der Waals surface area contributed by atoms with E-state index in [-0.39, 0.29) is 10.6 Å². The number of carbonyl (C=O) groups excluding carboxylic acids is 3. The lowest BCUT2D eigenvalue weighted by molar-refractivity contribution is -0.123. The van der Waals surface area contributed by atoms with Crippen LogP contribution in [0.25, 0.3) is 0 Å². The van der Waals surface area contributed by atoms with Crippen LogP contribution in [0.2, 0.25) is 0 Å². The van der Waals surface area contributed by atoms with Gasteiger partial charge in [-0.2, -0.15) is 4.37 Å². The number of carbonyl (C=O) groups is 3. The Balaban J connectivity index is 1.69. The van der Waals surface area contributed by atoms with Crippen LogP contribution in [-0.4, -0.2) is 35.4 Å². The second-order valence-electron chi connectivity index (χ2n) is 4.72. The average molecular weight is 368 g/mol. The van der Waals surface area contributed by atoms with Gasteiger partial charge in [-0.05, 0) is 36.3 Å². The van der Waals surface area contributed by atoms with Crippen LogP contribution in [0.5, 0.6) is 0 Å². The molecule has 0 aliphatic heterocycles. The molecule has 3 amide bonds. The second-order valence-corrected chi connectivity index (χ2v) is 6.55. The minimum Gasteiger partial charge on any atom is -0.452 e. The Labute approximate surface area is 146 Å². The van der Waals surface area contributed by atoms with Gasteiger partial charge in [-0.25, -0.2) is 9.59 Å². The topological polar surface area (TPSA) is 123 Å². The number of urea groups is 1. The van der Waals surface area contributed by atoms with E-state index in [1.54, 1.807) is 18.3 Å². The van der Waals surface area contributed by atoms with Gasteiger partial charge in [-0.3, -0.25) is 10.1 Å². The number of nitrogen functional groups attached to an aromatic ring is 1. The molecule has 2 aromatic heterocycles. The Morgan fingerprint density at radius 3 is 2.79 bits per heavy atom. The summed E-state index contributed by atoms with van der Waals surface area (Å²) in [5, 5.41) is 6.81. The Morgan fingerprint density at radius 2 is 2.17 bits per heavy atom. The summed E-state index contributed by atoms with van der Waals surface area (Å²) in [4.78, 5) is 36.1. The summed E-state index contributed by atoms with van der Waals surface area (Å²) in [7, 11) is 0. The number of aryl methyl sites for hydroxylation is 1. The number of aromatic nitrogens is 1. The third kappa shape index (κ3) is 5.03. The molecular formula is C14H16N4O4S2. The van der Waals surface area contributed by atoms with Crippen molar-refractivity contribution in [2.45, 2.75) is 13.3 Å². The molecule has 0 radical (unpaired) electrons. The average Bonchev–Trinajstić information content (AvgIpc) is 3.15. The number of hydrogen-bond donors (Lipinski definition) is 3. The van der Waals surface area contributed by atoms with Gasteiger partial charge >= 0.3 is 12.0 Å². The maximum atomic E-state index is 11.8. The third-order valence-corrected chi connectivity index (χ3v) is 4.62. The highest BCUT2D eigenvalue weighted by atomic mass is 32.1. The highest BCUT2D eigenvalue weighted by molar-refractivity contribution is 7.10. The maximum Gasteiger partial charge on any atom is 0.343 e. The molecule has 0 bridgehead atoms. The Bertz CT molecular complexity index is 708. The number of rotatable bonds is 6. The third-order valence-electron chi connectivity index (χ3n) is 2.92. The molecule has 0 unspecified atom stereocenters. The molecule has 0 spiro atoms. The largest absolute Gasteiger partial charge is 0.452 e. The number of thiophene rings is 1. The summed E-state index contributed by atoms with van der Waals surface area (Å²) in [6, 6.07) is 3.25. The number of hydrogen-bond acceptors (Lipinski definition) is 8. The highest BCUT2D eigenvalue weighted by Gasteiger charge is 2.19. The molecule has 0 aliphatic carbocycles. The molecule has 2 heterocycles. The van der Waals surface area contributed by atoms with E-state index < -0.39 is 24.5 Å². The SMILES string of the molecule is Cc1nsc(N)c1C(=O)OCC(=O)NC(=O)NCCc1cccs1. The molecule has 10 heteroatoms. The van der Waals surface area contributed by atoms with Gasteiger partial charge in [0.1, 0.15) is 10.6 Å². The standard InChI is InChI=1S/C14H16N4O4S2/c1-8-11(12(15)24-18-8)13(20)22-7-10(19)17-14(21)16-5-4-9-3-2-6-23-9/h2-3,6H,4-5,7,15H2,1H3,(H2,16,17,19,21). The molecule has 24 heavy (non-hydrogen) atoms. The summed E-state index contributed by atoms with van der Waals surface area (Å²) in [6.45, 7) is 1.44. The van der Waals surface area contributed by atoms with Gasteiger partial charge in [-0.15, -0.1) is 11.3 Å². The van der Waals surface area contributed by atoms with E-state index in [4.69, 9.17) is 10.5 Å². The number of ether oxygens (including phenoxy) is 1. The van der Waals surface area contributed by atoms with Crippen molar-refractivity contribution in [3.05, 3.63) is 33.6 Å². The van der Waals surface area contributed by atoms with E-state index in [1.807, 2.05) is 17.5 Å². The first-order valence-corrected chi connectivity index (χ1v) is 8.61. The lowest BCUT2D eigenvalue weighted by atomic mass is 10.2. The first kappa shape index (κ1) is 17.9. The molecule has 2 rings (SSSR count). The minimum absolute atomic E-state index is 0.146. The molecule has 8 nitrogen and oxygen atoms in total. The molecule has 0 aliphatic rings. The monoisotopic (exact) mass is 368 g/mol. The van der Waals surface area contributed by atoms with E-state index in [1.165, 1.54) is 0 Å². The highest BCUT2D eigenvalue weighted by Crippen LogP contribution is 2.21. The van der Waals surface area contributed by atoms with Crippen LogP contribution in [0.4, 0.5) is 9.80 Å². The summed E-state index contributed by atoms with van der Waals surface area (Å²) >= 11 is 2.57. The van der Waals surface area contributed by atoms with Crippen molar-refractivity contribution in [1.82, 2.24) is 15.0 Å². The van der Waals surface area contributed by atoms with Gasteiger partial charge in [0.25, 0.3) is 5.91 Å². The van der Waals surface area contributed by atoms with Crippen LogP contribution in [0, 0.1) is 6.92 Å². The fourth-order valence-electron chi connectivity index (χ4n) is 1.80. The fourth-order valence-corrected chi connectivity index (χ4v) is 3.16. The number of nitrogens with zero attached hydrogens (tertiary/aromatic N) is 1. The zero-order valence-electron chi connectivity index (χ0n) is 12.8. The van der Waals surface area contributed by atoms with Crippen LogP contribution in [0.1, 0.15) is 20.9 Å². The zero-order valence-corrected chi connectivity index (χ0v) is 14.5. The Hall–Kier alpha value is -2.46. The van der Waals surface area contributed by atoms with Gasteiger partial charge < -0.3 is 15.8 Å². The maximum absolute atomic E-state index is 11.8. The minimum atomic E-state index is -0.744. The van der Waals surface area contributed by atoms with Crippen molar-refractivity contribution < 1.29 is 19.1 Å². The summed E-state index contributed by atoms with van der Waals surface area (Å²) in [5.74, 6) is -1.47. The number of anilines is 1. The number of amides is 3. The first-order valence-electron chi connectivity index (χ1n) is 6.96. The normalized spacial score (nSPS) is 10.2. The van der Waals surface area contributed by atoms with E-state index in [0.29, 0.717) is 18.7 Å². The first-order chi connectivity index (χ1) is 11.5. The van der Waals surface area contributed by atoms with Gasteiger partial charge in [0.2, 0.25) is 0 Å². The van der Waals surface area contributed by atoms with E-state index in [2.05, 4.69) is 15.0 Å². The number of nitrogens with one attached hydrogen (secondary N) is 2.